The molecule has 2 rings (SSSR count). The highest BCUT2D eigenvalue weighted by atomic mass is 14.9. The Hall–Kier alpha value is -0.920. The van der Waals surface area contributed by atoms with Gasteiger partial charge in [-0.1, -0.05) is 33.1 Å². The Morgan fingerprint density at radius 3 is 2.60 bits per heavy atom. The van der Waals surface area contributed by atoms with E-state index in [0.717, 1.165) is 5.82 Å². The predicted molar refractivity (Wildman–Crippen MR) is 61.9 cm³/mol. The van der Waals surface area contributed by atoms with Crippen LogP contribution in [0.4, 0.5) is 0 Å². The van der Waals surface area contributed by atoms with Gasteiger partial charge in [0.1, 0.15) is 5.82 Å². The predicted octanol–water partition coefficient (Wildman–Crippen LogP) is 3.65. The van der Waals surface area contributed by atoms with Gasteiger partial charge in [-0.2, -0.15) is 0 Å². The van der Waals surface area contributed by atoms with Crippen molar-refractivity contribution in [1.82, 2.24) is 9.97 Å². The van der Waals surface area contributed by atoms with Gasteiger partial charge in [-0.15, -0.1) is 0 Å². The first kappa shape index (κ1) is 10.6. The minimum absolute atomic E-state index is 0.510. The third-order valence-corrected chi connectivity index (χ3v) is 3.26. The largest absolute Gasteiger partial charge is 0.241 e. The first-order chi connectivity index (χ1) is 7.27. The van der Waals surface area contributed by atoms with Crippen LogP contribution in [0.3, 0.4) is 0 Å². The van der Waals surface area contributed by atoms with Gasteiger partial charge in [0.2, 0.25) is 0 Å². The molecule has 0 radical (unpaired) electrons. The number of hydrogen-bond acceptors (Lipinski definition) is 2. The van der Waals surface area contributed by atoms with E-state index < -0.39 is 0 Å². The van der Waals surface area contributed by atoms with Crippen molar-refractivity contribution in [3.63, 3.8) is 0 Å². The van der Waals surface area contributed by atoms with Crippen molar-refractivity contribution in [3.05, 3.63) is 23.8 Å². The Balaban J connectivity index is 2.16. The molecule has 1 fully saturated rings. The van der Waals surface area contributed by atoms with Crippen molar-refractivity contribution in [2.24, 2.45) is 0 Å². The van der Waals surface area contributed by atoms with Crippen LogP contribution in [-0.2, 0) is 0 Å². The lowest BCUT2D eigenvalue weighted by atomic mass is 9.88. The van der Waals surface area contributed by atoms with Crippen molar-refractivity contribution in [1.29, 1.82) is 0 Å². The average Bonchev–Trinajstić information content (AvgIpc) is 2.30. The molecule has 82 valence electrons. The fraction of sp³-hybridized carbons (Fsp3) is 0.692. The van der Waals surface area contributed by atoms with Crippen molar-refractivity contribution in [2.45, 2.75) is 57.8 Å². The highest BCUT2D eigenvalue weighted by Crippen LogP contribution is 2.30. The second kappa shape index (κ2) is 4.73. The molecule has 15 heavy (non-hydrogen) atoms. The second-order valence-electron chi connectivity index (χ2n) is 4.83. The first-order valence-electron chi connectivity index (χ1n) is 6.10. The Kier molecular flexibility index (Phi) is 3.34. The third-order valence-electron chi connectivity index (χ3n) is 3.26. The summed E-state index contributed by atoms with van der Waals surface area (Å²) in [5.74, 6) is 2.22. The van der Waals surface area contributed by atoms with Gasteiger partial charge in [0.05, 0.1) is 0 Å². The first-order valence-corrected chi connectivity index (χ1v) is 6.10. The molecule has 0 spiro atoms. The normalized spacial score (nSPS) is 18.3. The molecule has 0 aliphatic heterocycles. The molecular formula is C13H20N2. The molecule has 0 amide bonds. The maximum Gasteiger partial charge on any atom is 0.131 e. The lowest BCUT2D eigenvalue weighted by Gasteiger charge is -2.20. The zero-order valence-corrected chi connectivity index (χ0v) is 9.74. The van der Waals surface area contributed by atoms with Crippen LogP contribution in [0.5, 0.6) is 0 Å². The van der Waals surface area contributed by atoms with E-state index in [1.54, 1.807) is 0 Å². The molecular weight excluding hydrogens is 184 g/mol. The molecule has 0 bridgehead atoms. The summed E-state index contributed by atoms with van der Waals surface area (Å²) in [6.07, 6.45) is 8.57. The molecule has 1 saturated carbocycles. The van der Waals surface area contributed by atoms with Crippen molar-refractivity contribution >= 4 is 0 Å². The topological polar surface area (TPSA) is 25.8 Å². The van der Waals surface area contributed by atoms with E-state index in [9.17, 15) is 0 Å². The SMILES string of the molecule is CC(C)c1ccnc(C2CCCCC2)n1. The van der Waals surface area contributed by atoms with Gasteiger partial charge < -0.3 is 0 Å². The van der Waals surface area contributed by atoms with Crippen LogP contribution in [-0.4, -0.2) is 9.97 Å². The maximum absolute atomic E-state index is 4.68. The minimum atomic E-state index is 0.510. The van der Waals surface area contributed by atoms with Crippen LogP contribution in [0.25, 0.3) is 0 Å². The standard InChI is InChI=1S/C13H20N2/c1-10(2)12-8-9-14-13(15-12)11-6-4-3-5-7-11/h8-11H,3-7H2,1-2H3. The Bertz CT molecular complexity index is 314. The molecule has 1 aromatic heterocycles. The summed E-state index contributed by atoms with van der Waals surface area (Å²) in [5, 5.41) is 0. The molecule has 2 heteroatoms. The Labute approximate surface area is 92.1 Å². The van der Waals surface area contributed by atoms with Gasteiger partial charge in [-0.25, -0.2) is 9.97 Å². The van der Waals surface area contributed by atoms with E-state index in [0.29, 0.717) is 11.8 Å². The summed E-state index contributed by atoms with van der Waals surface area (Å²) in [7, 11) is 0. The lowest BCUT2D eigenvalue weighted by molar-refractivity contribution is 0.427. The third kappa shape index (κ3) is 2.55. The molecule has 1 heterocycles. The molecule has 1 aliphatic carbocycles. The summed E-state index contributed by atoms with van der Waals surface area (Å²) in [5.41, 5.74) is 1.19. The van der Waals surface area contributed by atoms with Crippen molar-refractivity contribution in [2.75, 3.05) is 0 Å². The van der Waals surface area contributed by atoms with Crippen molar-refractivity contribution in [3.8, 4) is 0 Å². The summed E-state index contributed by atoms with van der Waals surface area (Å²) < 4.78 is 0. The van der Waals surface area contributed by atoms with E-state index in [1.807, 2.05) is 12.3 Å². The Morgan fingerprint density at radius 2 is 1.93 bits per heavy atom. The van der Waals surface area contributed by atoms with Crippen LogP contribution in [0.1, 0.15) is 69.3 Å². The zero-order valence-electron chi connectivity index (χ0n) is 9.74. The molecule has 0 saturated heterocycles. The number of nitrogens with zero attached hydrogens (tertiary/aromatic N) is 2. The van der Waals surface area contributed by atoms with E-state index >= 15 is 0 Å². The summed E-state index contributed by atoms with van der Waals surface area (Å²) >= 11 is 0. The summed E-state index contributed by atoms with van der Waals surface area (Å²) in [4.78, 5) is 9.12. The van der Waals surface area contributed by atoms with E-state index in [-0.39, 0.29) is 0 Å². The number of rotatable bonds is 2. The molecule has 0 aromatic carbocycles. The van der Waals surface area contributed by atoms with Crippen LogP contribution >= 0.6 is 0 Å². The smallest absolute Gasteiger partial charge is 0.131 e. The van der Waals surface area contributed by atoms with Gasteiger partial charge >= 0.3 is 0 Å². The summed E-state index contributed by atoms with van der Waals surface area (Å²) in [6.45, 7) is 4.37. The fourth-order valence-corrected chi connectivity index (χ4v) is 2.27. The molecule has 2 nitrogen and oxygen atoms in total. The van der Waals surface area contributed by atoms with Gasteiger partial charge in [-0.3, -0.25) is 0 Å². The van der Waals surface area contributed by atoms with Gasteiger partial charge in [0.15, 0.2) is 0 Å². The highest BCUT2D eigenvalue weighted by Gasteiger charge is 2.18. The fourth-order valence-electron chi connectivity index (χ4n) is 2.27. The zero-order chi connectivity index (χ0) is 10.7. The molecule has 0 unspecified atom stereocenters. The minimum Gasteiger partial charge on any atom is -0.241 e. The number of hydrogen-bond donors (Lipinski definition) is 0. The van der Waals surface area contributed by atoms with E-state index in [1.165, 1.54) is 37.8 Å². The van der Waals surface area contributed by atoms with Crippen LogP contribution < -0.4 is 0 Å². The lowest BCUT2D eigenvalue weighted by Crippen LogP contribution is -2.10. The molecule has 1 aromatic rings. The Morgan fingerprint density at radius 1 is 1.20 bits per heavy atom. The van der Waals surface area contributed by atoms with Gasteiger partial charge in [-0.05, 0) is 24.8 Å². The average molecular weight is 204 g/mol. The second-order valence-corrected chi connectivity index (χ2v) is 4.83. The van der Waals surface area contributed by atoms with Gasteiger partial charge in [0.25, 0.3) is 0 Å². The van der Waals surface area contributed by atoms with Crippen LogP contribution in [0.2, 0.25) is 0 Å². The quantitative estimate of drug-likeness (QED) is 0.735. The highest BCUT2D eigenvalue weighted by molar-refractivity contribution is 5.09. The molecule has 1 aliphatic rings. The van der Waals surface area contributed by atoms with Crippen molar-refractivity contribution < 1.29 is 0 Å². The maximum atomic E-state index is 4.68. The van der Waals surface area contributed by atoms with Crippen LogP contribution in [0.15, 0.2) is 12.3 Å². The summed E-state index contributed by atoms with van der Waals surface area (Å²) in [6, 6.07) is 2.04. The van der Waals surface area contributed by atoms with E-state index in [2.05, 4.69) is 23.8 Å². The molecule has 0 atom stereocenters. The van der Waals surface area contributed by atoms with E-state index in [4.69, 9.17) is 0 Å². The monoisotopic (exact) mass is 204 g/mol. The molecule has 0 N–H and O–H groups in total. The van der Waals surface area contributed by atoms with Gasteiger partial charge in [0, 0.05) is 17.8 Å². The number of aromatic nitrogens is 2. The van der Waals surface area contributed by atoms with Crippen LogP contribution in [0, 0.1) is 0 Å².